The van der Waals surface area contributed by atoms with Crippen molar-refractivity contribution in [3.63, 3.8) is 0 Å². The van der Waals surface area contributed by atoms with Crippen LogP contribution < -0.4 is 5.32 Å². The lowest BCUT2D eigenvalue weighted by Gasteiger charge is -2.39. The number of carbonyl (C=O) groups excluding carboxylic acids is 1. The summed E-state index contributed by atoms with van der Waals surface area (Å²) < 4.78 is 6.49. The van der Waals surface area contributed by atoms with Gasteiger partial charge in [-0.3, -0.25) is 9.69 Å². The van der Waals surface area contributed by atoms with E-state index in [9.17, 15) is 4.79 Å². The van der Waals surface area contributed by atoms with Gasteiger partial charge in [0.05, 0.1) is 11.7 Å². The highest BCUT2D eigenvalue weighted by Gasteiger charge is 2.42. The average molecular weight is 383 g/mol. The van der Waals surface area contributed by atoms with Crippen molar-refractivity contribution < 1.29 is 9.53 Å². The maximum absolute atomic E-state index is 12.3. The highest BCUT2D eigenvalue weighted by molar-refractivity contribution is 5.93. The van der Waals surface area contributed by atoms with Gasteiger partial charge in [-0.1, -0.05) is 30.3 Å². The van der Waals surface area contributed by atoms with Crippen LogP contribution in [-0.2, 0) is 16.1 Å². The van der Waals surface area contributed by atoms with E-state index in [-0.39, 0.29) is 17.6 Å². The van der Waals surface area contributed by atoms with Gasteiger partial charge in [0.2, 0.25) is 5.91 Å². The fourth-order valence-electron chi connectivity index (χ4n) is 4.92. The van der Waals surface area contributed by atoms with E-state index in [4.69, 9.17) is 4.74 Å². The number of carbonyl (C=O) groups is 1. The molecule has 4 rings (SSSR count). The van der Waals surface area contributed by atoms with Crippen molar-refractivity contribution in [2.75, 3.05) is 19.6 Å². The summed E-state index contributed by atoms with van der Waals surface area (Å²) in [5, 5.41) is 3.12. The number of benzene rings is 1. The van der Waals surface area contributed by atoms with E-state index < -0.39 is 0 Å². The highest BCUT2D eigenvalue weighted by atomic mass is 16.5. The lowest BCUT2D eigenvalue weighted by molar-refractivity contribution is -0.119. The van der Waals surface area contributed by atoms with Crippen LogP contribution in [0.3, 0.4) is 0 Å². The largest absolute Gasteiger partial charge is 0.370 e. The third-order valence-electron chi connectivity index (χ3n) is 6.83. The van der Waals surface area contributed by atoms with Gasteiger partial charge in [-0.15, -0.1) is 0 Å². The minimum atomic E-state index is 0.0434. The van der Waals surface area contributed by atoms with Crippen molar-refractivity contribution in [1.29, 1.82) is 0 Å². The Hall–Kier alpha value is -1.65. The van der Waals surface area contributed by atoms with E-state index in [1.165, 1.54) is 17.5 Å². The predicted molar refractivity (Wildman–Crippen MR) is 112 cm³/mol. The number of nitrogens with one attached hydrogen (secondary N) is 1. The smallest absolute Gasteiger partial charge is 0.246 e. The lowest BCUT2D eigenvalue weighted by Crippen LogP contribution is -2.45. The number of hydrogen-bond donors (Lipinski definition) is 1. The van der Waals surface area contributed by atoms with Crippen LogP contribution in [0.15, 0.2) is 35.9 Å². The molecule has 1 amide bonds. The molecule has 1 unspecified atom stereocenters. The van der Waals surface area contributed by atoms with Gasteiger partial charge < -0.3 is 10.1 Å². The Morgan fingerprint density at radius 1 is 1.21 bits per heavy atom. The molecule has 28 heavy (non-hydrogen) atoms. The third-order valence-corrected chi connectivity index (χ3v) is 6.83. The summed E-state index contributed by atoms with van der Waals surface area (Å²) >= 11 is 0. The summed E-state index contributed by atoms with van der Waals surface area (Å²) in [5.41, 5.74) is 3.83. The monoisotopic (exact) mass is 382 g/mol. The highest BCUT2D eigenvalue weighted by Crippen LogP contribution is 2.39. The molecule has 2 saturated heterocycles. The molecule has 1 aromatic rings. The second-order valence-corrected chi connectivity index (χ2v) is 8.85. The van der Waals surface area contributed by atoms with Gasteiger partial charge in [-0.2, -0.15) is 0 Å². The predicted octanol–water partition coefficient (Wildman–Crippen LogP) is 4.13. The van der Waals surface area contributed by atoms with E-state index >= 15 is 0 Å². The second kappa shape index (κ2) is 8.79. The Balaban J connectivity index is 1.22. The molecule has 1 aromatic carbocycles. The van der Waals surface area contributed by atoms with E-state index in [1.54, 1.807) is 0 Å². The Kier molecular flexibility index (Phi) is 6.17. The van der Waals surface area contributed by atoms with E-state index in [1.807, 2.05) is 0 Å². The molecule has 1 atom stereocenters. The summed E-state index contributed by atoms with van der Waals surface area (Å²) in [6.07, 6.45) is 11.0. The number of piperidine rings is 1. The fourth-order valence-corrected chi connectivity index (χ4v) is 4.92. The summed E-state index contributed by atoms with van der Waals surface area (Å²) in [7, 11) is 0. The number of ether oxygens (including phenoxy) is 1. The topological polar surface area (TPSA) is 41.6 Å². The van der Waals surface area contributed by atoms with Crippen molar-refractivity contribution in [1.82, 2.24) is 10.2 Å². The average Bonchev–Trinajstić information content (AvgIpc) is 3.13. The number of amides is 1. The number of nitrogens with zero attached hydrogens (tertiary/aromatic N) is 1. The van der Waals surface area contributed by atoms with Crippen molar-refractivity contribution in [3.8, 4) is 0 Å². The number of rotatable bonds is 5. The third kappa shape index (κ3) is 4.66. The molecule has 0 aromatic heterocycles. The summed E-state index contributed by atoms with van der Waals surface area (Å²) in [6.45, 7) is 6.09. The van der Waals surface area contributed by atoms with E-state index in [2.05, 4.69) is 47.5 Å². The van der Waals surface area contributed by atoms with Crippen LogP contribution in [0.2, 0.25) is 0 Å². The first-order valence-electron chi connectivity index (χ1n) is 11.1. The van der Waals surface area contributed by atoms with Crippen molar-refractivity contribution in [2.24, 2.45) is 0 Å². The molecular weight excluding hydrogens is 348 g/mol. The van der Waals surface area contributed by atoms with Crippen LogP contribution in [0.1, 0.15) is 62.5 Å². The SMILES string of the molecule is Cc1ccccc1CN1CCC2(CCC(CNC(=O)C3=CCCCC3)O2)CC1. The summed E-state index contributed by atoms with van der Waals surface area (Å²) in [6, 6.07) is 8.69. The maximum atomic E-state index is 12.3. The van der Waals surface area contributed by atoms with Crippen LogP contribution >= 0.6 is 0 Å². The molecule has 0 saturated carbocycles. The van der Waals surface area contributed by atoms with Gasteiger partial charge in [0.15, 0.2) is 0 Å². The standard InChI is InChI=1S/C24H34N2O2/c1-19-7-5-6-10-21(19)18-26-15-13-24(14-16-26)12-11-22(28-24)17-25-23(27)20-8-3-2-4-9-20/h5-8,10,22H,2-4,9,11-18H2,1H3,(H,25,27). The maximum Gasteiger partial charge on any atom is 0.246 e. The molecule has 0 bridgehead atoms. The van der Waals surface area contributed by atoms with Gasteiger partial charge in [0.25, 0.3) is 0 Å². The summed E-state index contributed by atoms with van der Waals surface area (Å²) in [4.78, 5) is 14.9. The first kappa shape index (κ1) is 19.7. The molecule has 1 spiro atoms. The van der Waals surface area contributed by atoms with Gasteiger partial charge in [-0.05, 0) is 69.4 Å². The van der Waals surface area contributed by atoms with Gasteiger partial charge in [-0.25, -0.2) is 0 Å². The van der Waals surface area contributed by atoms with E-state index in [0.717, 1.165) is 70.2 Å². The second-order valence-electron chi connectivity index (χ2n) is 8.85. The normalized spacial score (nSPS) is 24.9. The molecule has 3 aliphatic rings. The molecule has 4 heteroatoms. The van der Waals surface area contributed by atoms with Crippen molar-refractivity contribution in [2.45, 2.75) is 76.5 Å². The zero-order valence-corrected chi connectivity index (χ0v) is 17.2. The molecule has 4 nitrogen and oxygen atoms in total. The molecule has 152 valence electrons. The van der Waals surface area contributed by atoms with Crippen LogP contribution in [0.5, 0.6) is 0 Å². The molecule has 1 aliphatic carbocycles. The zero-order valence-electron chi connectivity index (χ0n) is 17.2. The lowest BCUT2D eigenvalue weighted by atomic mass is 9.88. The first-order chi connectivity index (χ1) is 13.6. The van der Waals surface area contributed by atoms with E-state index in [0.29, 0.717) is 6.54 Å². The van der Waals surface area contributed by atoms with Crippen LogP contribution in [0.4, 0.5) is 0 Å². The quantitative estimate of drug-likeness (QED) is 0.833. The fraction of sp³-hybridized carbons (Fsp3) is 0.625. The Bertz CT molecular complexity index is 719. The number of likely N-dealkylation sites (tertiary alicyclic amines) is 1. The van der Waals surface area contributed by atoms with Gasteiger partial charge in [0.1, 0.15) is 0 Å². The molecule has 2 fully saturated rings. The Morgan fingerprint density at radius 2 is 2.04 bits per heavy atom. The minimum absolute atomic E-state index is 0.0434. The zero-order chi connectivity index (χ0) is 19.4. The Morgan fingerprint density at radius 3 is 2.79 bits per heavy atom. The molecule has 2 heterocycles. The van der Waals surface area contributed by atoms with Crippen LogP contribution in [0, 0.1) is 6.92 Å². The number of aryl methyl sites for hydroxylation is 1. The van der Waals surface area contributed by atoms with Crippen molar-refractivity contribution in [3.05, 3.63) is 47.0 Å². The number of hydrogen-bond acceptors (Lipinski definition) is 3. The van der Waals surface area contributed by atoms with Gasteiger partial charge in [0, 0.05) is 31.8 Å². The molecule has 2 aliphatic heterocycles. The number of allylic oxidation sites excluding steroid dienone is 1. The van der Waals surface area contributed by atoms with Gasteiger partial charge >= 0.3 is 0 Å². The van der Waals surface area contributed by atoms with Crippen LogP contribution in [0.25, 0.3) is 0 Å². The molecule has 1 N–H and O–H groups in total. The molecular formula is C24H34N2O2. The minimum Gasteiger partial charge on any atom is -0.370 e. The Labute approximate surface area is 169 Å². The molecule has 0 radical (unpaired) electrons. The first-order valence-corrected chi connectivity index (χ1v) is 11.1. The van der Waals surface area contributed by atoms with Crippen molar-refractivity contribution >= 4 is 5.91 Å². The van der Waals surface area contributed by atoms with Crippen LogP contribution in [-0.4, -0.2) is 42.1 Å². The summed E-state index contributed by atoms with van der Waals surface area (Å²) in [5.74, 6) is 0.123.